The maximum absolute atomic E-state index is 13.2. The van der Waals surface area contributed by atoms with Crippen LogP contribution in [0.15, 0.2) is 24.5 Å². The number of likely N-dealkylation sites (tertiary alicyclic amines) is 1. The molecule has 0 spiro atoms. The Hall–Kier alpha value is -2.03. The molecule has 2 saturated heterocycles. The van der Waals surface area contributed by atoms with Crippen molar-refractivity contribution >= 4 is 11.8 Å². The van der Waals surface area contributed by atoms with Crippen LogP contribution < -0.4 is 11.1 Å². The van der Waals surface area contributed by atoms with E-state index in [0.717, 1.165) is 39.0 Å². The Kier molecular flexibility index (Phi) is 8.80. The van der Waals surface area contributed by atoms with E-state index in [9.17, 15) is 9.59 Å². The summed E-state index contributed by atoms with van der Waals surface area (Å²) in [6, 6.07) is 3.21. The van der Waals surface area contributed by atoms with E-state index in [-0.39, 0.29) is 24.0 Å². The molecule has 8 heteroatoms. The molecular weight excluding hydrogens is 394 g/mol. The Bertz CT molecular complexity index is 708. The van der Waals surface area contributed by atoms with Crippen LogP contribution in [-0.4, -0.2) is 84.1 Å². The van der Waals surface area contributed by atoms with Crippen molar-refractivity contribution in [1.82, 2.24) is 20.1 Å². The zero-order valence-corrected chi connectivity index (χ0v) is 18.8. The molecule has 2 amide bonds. The average molecular weight is 432 g/mol. The van der Waals surface area contributed by atoms with E-state index < -0.39 is 6.04 Å². The van der Waals surface area contributed by atoms with Crippen molar-refractivity contribution in [2.45, 2.75) is 57.7 Å². The minimum Gasteiger partial charge on any atom is -0.377 e. The molecule has 3 atom stereocenters. The second-order valence-corrected chi connectivity index (χ2v) is 9.00. The van der Waals surface area contributed by atoms with Crippen LogP contribution in [0.3, 0.4) is 0 Å². The highest BCUT2D eigenvalue weighted by molar-refractivity contribution is 5.97. The number of carbonyl (C=O) groups excluding carboxylic acids is 2. The van der Waals surface area contributed by atoms with Crippen LogP contribution in [0.2, 0.25) is 0 Å². The first kappa shape index (κ1) is 23.6. The molecule has 3 N–H and O–H groups in total. The zero-order chi connectivity index (χ0) is 22.2. The molecule has 1 aromatic rings. The third-order valence-corrected chi connectivity index (χ3v) is 6.07. The highest BCUT2D eigenvalue weighted by Gasteiger charge is 2.39. The van der Waals surface area contributed by atoms with Crippen LogP contribution in [-0.2, 0) is 9.53 Å². The zero-order valence-electron chi connectivity index (χ0n) is 18.8. The fourth-order valence-electron chi connectivity index (χ4n) is 4.63. The van der Waals surface area contributed by atoms with E-state index >= 15 is 0 Å². The van der Waals surface area contributed by atoms with Gasteiger partial charge in [-0.3, -0.25) is 19.5 Å². The number of nitrogens with one attached hydrogen (secondary N) is 1. The van der Waals surface area contributed by atoms with E-state index in [0.29, 0.717) is 37.5 Å². The van der Waals surface area contributed by atoms with Crippen molar-refractivity contribution in [2.24, 2.45) is 11.7 Å². The monoisotopic (exact) mass is 431 g/mol. The molecule has 1 aromatic heterocycles. The highest BCUT2D eigenvalue weighted by Crippen LogP contribution is 2.26. The van der Waals surface area contributed by atoms with Gasteiger partial charge in [-0.15, -0.1) is 0 Å². The molecule has 2 aliphatic rings. The summed E-state index contributed by atoms with van der Waals surface area (Å²) in [5.74, 6) is 0.240. The number of rotatable bonds is 9. The molecule has 3 heterocycles. The molecule has 172 valence electrons. The predicted octanol–water partition coefficient (Wildman–Crippen LogP) is 1.27. The van der Waals surface area contributed by atoms with Crippen LogP contribution >= 0.6 is 0 Å². The number of piperidine rings is 1. The number of pyridine rings is 1. The van der Waals surface area contributed by atoms with Gasteiger partial charge in [0, 0.05) is 57.8 Å². The number of hydrogen-bond acceptors (Lipinski definition) is 6. The molecule has 2 unspecified atom stereocenters. The van der Waals surface area contributed by atoms with Crippen LogP contribution in [0.4, 0.5) is 0 Å². The minimum atomic E-state index is -0.517. The second kappa shape index (κ2) is 11.5. The SMILES string of the molecule is CC(C)CN(CC1CCCO1)C1CCN(C(=O)c2cccnc2)[C@@H](C(=O)NCCN)C1. The molecule has 0 radical (unpaired) electrons. The van der Waals surface area contributed by atoms with Crippen LogP contribution in [0.5, 0.6) is 0 Å². The molecule has 2 aliphatic heterocycles. The number of nitrogens with two attached hydrogens (primary N) is 1. The predicted molar refractivity (Wildman–Crippen MR) is 120 cm³/mol. The summed E-state index contributed by atoms with van der Waals surface area (Å²) in [6.07, 6.45) is 7.12. The average Bonchev–Trinajstić information content (AvgIpc) is 3.29. The molecule has 8 nitrogen and oxygen atoms in total. The largest absolute Gasteiger partial charge is 0.377 e. The van der Waals surface area contributed by atoms with Crippen LogP contribution in [0, 0.1) is 5.92 Å². The first-order valence-corrected chi connectivity index (χ1v) is 11.5. The molecule has 0 aliphatic carbocycles. The summed E-state index contributed by atoms with van der Waals surface area (Å²) in [4.78, 5) is 34.4. The Morgan fingerprint density at radius 2 is 2.23 bits per heavy atom. The fourth-order valence-corrected chi connectivity index (χ4v) is 4.63. The van der Waals surface area contributed by atoms with Gasteiger partial charge in [-0.05, 0) is 43.7 Å². The van der Waals surface area contributed by atoms with E-state index in [1.54, 1.807) is 29.4 Å². The Labute approximate surface area is 185 Å². The Morgan fingerprint density at radius 3 is 2.87 bits per heavy atom. The van der Waals surface area contributed by atoms with Crippen molar-refractivity contribution in [3.05, 3.63) is 30.1 Å². The van der Waals surface area contributed by atoms with Gasteiger partial charge in [-0.2, -0.15) is 0 Å². The van der Waals surface area contributed by atoms with Gasteiger partial charge < -0.3 is 20.7 Å². The Morgan fingerprint density at radius 1 is 1.39 bits per heavy atom. The van der Waals surface area contributed by atoms with Crippen molar-refractivity contribution in [3.8, 4) is 0 Å². The van der Waals surface area contributed by atoms with Gasteiger partial charge in [-0.25, -0.2) is 0 Å². The topological polar surface area (TPSA) is 101 Å². The summed E-state index contributed by atoms with van der Waals surface area (Å²) in [5, 5.41) is 2.90. The quantitative estimate of drug-likeness (QED) is 0.611. The number of nitrogens with zero attached hydrogens (tertiary/aromatic N) is 3. The maximum atomic E-state index is 13.2. The van der Waals surface area contributed by atoms with Crippen molar-refractivity contribution in [1.29, 1.82) is 0 Å². The highest BCUT2D eigenvalue weighted by atomic mass is 16.5. The van der Waals surface area contributed by atoms with Crippen molar-refractivity contribution < 1.29 is 14.3 Å². The lowest BCUT2D eigenvalue weighted by atomic mass is 9.93. The van der Waals surface area contributed by atoms with Gasteiger partial charge in [0.2, 0.25) is 5.91 Å². The summed E-state index contributed by atoms with van der Waals surface area (Å²) in [7, 11) is 0. The molecular formula is C23H37N5O3. The molecule has 3 rings (SSSR count). The van der Waals surface area contributed by atoms with Gasteiger partial charge in [0.1, 0.15) is 6.04 Å². The number of ether oxygens (including phenoxy) is 1. The molecule has 0 saturated carbocycles. The van der Waals surface area contributed by atoms with Gasteiger partial charge in [0.25, 0.3) is 5.91 Å². The summed E-state index contributed by atoms with van der Waals surface area (Å²) < 4.78 is 5.89. The minimum absolute atomic E-state index is 0.131. The smallest absolute Gasteiger partial charge is 0.256 e. The molecule has 2 fully saturated rings. The van der Waals surface area contributed by atoms with Crippen molar-refractivity contribution in [3.63, 3.8) is 0 Å². The normalized spacial score (nSPS) is 24.0. The molecule has 0 bridgehead atoms. The number of aromatic nitrogens is 1. The lowest BCUT2D eigenvalue weighted by molar-refractivity contribution is -0.127. The third kappa shape index (κ3) is 6.48. The second-order valence-electron chi connectivity index (χ2n) is 9.00. The standard InChI is InChI=1S/C23H37N5O3/c1-17(2)15-27(16-20-6-4-12-31-20)19-7-11-28(21(13-19)22(29)26-10-8-24)23(30)18-5-3-9-25-14-18/h3,5,9,14,17,19-21H,4,6-8,10-13,15-16,24H2,1-2H3,(H,26,29)/t19?,20?,21-/m1/s1. The van der Waals surface area contributed by atoms with Crippen LogP contribution in [0.25, 0.3) is 0 Å². The summed E-state index contributed by atoms with van der Waals surface area (Å²) >= 11 is 0. The van der Waals surface area contributed by atoms with Gasteiger partial charge >= 0.3 is 0 Å². The summed E-state index contributed by atoms with van der Waals surface area (Å²) in [5.41, 5.74) is 6.10. The van der Waals surface area contributed by atoms with Gasteiger partial charge in [-0.1, -0.05) is 13.8 Å². The van der Waals surface area contributed by atoms with E-state index in [2.05, 4.69) is 29.0 Å². The third-order valence-electron chi connectivity index (χ3n) is 6.07. The molecule has 0 aromatic carbocycles. The first-order valence-electron chi connectivity index (χ1n) is 11.5. The van der Waals surface area contributed by atoms with Gasteiger partial charge in [0.15, 0.2) is 0 Å². The number of amides is 2. The molecule has 31 heavy (non-hydrogen) atoms. The van der Waals surface area contributed by atoms with E-state index in [1.807, 2.05) is 0 Å². The maximum Gasteiger partial charge on any atom is 0.256 e. The van der Waals surface area contributed by atoms with Crippen molar-refractivity contribution in [2.75, 3.05) is 39.3 Å². The van der Waals surface area contributed by atoms with E-state index in [4.69, 9.17) is 10.5 Å². The lowest BCUT2D eigenvalue weighted by Gasteiger charge is -2.44. The lowest BCUT2D eigenvalue weighted by Crippen LogP contribution is -2.58. The van der Waals surface area contributed by atoms with Crippen LogP contribution in [0.1, 0.15) is 49.9 Å². The number of carbonyl (C=O) groups is 2. The number of hydrogen-bond donors (Lipinski definition) is 2. The fraction of sp³-hybridized carbons (Fsp3) is 0.696. The Balaban J connectivity index is 1.76. The van der Waals surface area contributed by atoms with E-state index in [1.165, 1.54) is 0 Å². The van der Waals surface area contributed by atoms with Gasteiger partial charge in [0.05, 0.1) is 11.7 Å². The first-order chi connectivity index (χ1) is 15.0. The summed E-state index contributed by atoms with van der Waals surface area (Å²) in [6.45, 7) is 8.43.